The van der Waals surface area contributed by atoms with Gasteiger partial charge in [0.15, 0.2) is 0 Å². The fourth-order valence-corrected chi connectivity index (χ4v) is 3.31. The number of anilines is 2. The van der Waals surface area contributed by atoms with Gasteiger partial charge in [0.25, 0.3) is 0 Å². The second-order valence-corrected chi connectivity index (χ2v) is 10.6. The van der Waals surface area contributed by atoms with Crippen molar-refractivity contribution in [1.82, 2.24) is 10.2 Å². The molecule has 0 aliphatic rings. The zero-order chi connectivity index (χ0) is 24.1. The molecule has 0 fully saturated rings. The van der Waals surface area contributed by atoms with E-state index in [1.54, 1.807) is 11.2 Å². The van der Waals surface area contributed by atoms with Crippen LogP contribution in [0.25, 0.3) is 0 Å². The Morgan fingerprint density at radius 3 is 2.22 bits per heavy atom. The number of benzene rings is 1. The maximum Gasteiger partial charge on any atom is 0.318 e. The Hall–Kier alpha value is -2.96. The minimum Gasteiger partial charge on any atom is -0.467 e. The Labute approximate surface area is 192 Å². The lowest BCUT2D eigenvalue weighted by atomic mass is 9.92. The molecule has 7 heteroatoms. The van der Waals surface area contributed by atoms with Crippen molar-refractivity contribution >= 4 is 23.3 Å². The first-order chi connectivity index (χ1) is 14.7. The van der Waals surface area contributed by atoms with Gasteiger partial charge in [-0.05, 0) is 62.1 Å². The van der Waals surface area contributed by atoms with Crippen molar-refractivity contribution in [1.29, 1.82) is 0 Å². The lowest BCUT2D eigenvalue weighted by Gasteiger charge is -2.29. The lowest BCUT2D eigenvalue weighted by Crippen LogP contribution is -2.48. The highest BCUT2D eigenvalue weighted by Gasteiger charge is 2.23. The van der Waals surface area contributed by atoms with Crippen molar-refractivity contribution in [3.63, 3.8) is 0 Å². The van der Waals surface area contributed by atoms with E-state index in [0.717, 1.165) is 11.3 Å². The standard InChI is InChI=1S/C25H38N4O3/c1-24(2,3)15-22(30)26-19-11-12-21(28(7)8)18(14-19)16-29(17-20-10-9-13-32-20)23(31)27-25(4,5)6/h9-14H,15-17H2,1-8H3,(H,26,30)(H,27,31). The number of hydrogen-bond acceptors (Lipinski definition) is 4. The lowest BCUT2D eigenvalue weighted by molar-refractivity contribution is -0.117. The molecule has 176 valence electrons. The number of carbonyl (C=O) groups is 2. The Balaban J connectivity index is 2.32. The monoisotopic (exact) mass is 442 g/mol. The number of amides is 3. The number of nitrogens with zero attached hydrogens (tertiary/aromatic N) is 2. The minimum atomic E-state index is -0.369. The highest BCUT2D eigenvalue weighted by molar-refractivity contribution is 5.91. The van der Waals surface area contributed by atoms with E-state index in [9.17, 15) is 9.59 Å². The van der Waals surface area contributed by atoms with Gasteiger partial charge in [0.1, 0.15) is 5.76 Å². The van der Waals surface area contributed by atoms with Crippen LogP contribution in [0.15, 0.2) is 41.0 Å². The third-order valence-electron chi connectivity index (χ3n) is 4.59. The molecule has 0 saturated carbocycles. The molecule has 2 aromatic rings. The number of rotatable bonds is 7. The third kappa shape index (κ3) is 8.29. The molecule has 0 aliphatic heterocycles. The highest BCUT2D eigenvalue weighted by Crippen LogP contribution is 2.26. The van der Waals surface area contributed by atoms with Crippen molar-refractivity contribution in [2.45, 2.75) is 66.6 Å². The molecule has 0 atom stereocenters. The average molecular weight is 443 g/mol. The predicted octanol–water partition coefficient (Wildman–Crippen LogP) is 5.23. The molecule has 3 amide bonds. The number of nitrogens with one attached hydrogen (secondary N) is 2. The first-order valence-electron chi connectivity index (χ1n) is 10.9. The summed E-state index contributed by atoms with van der Waals surface area (Å²) < 4.78 is 5.49. The van der Waals surface area contributed by atoms with Crippen molar-refractivity contribution in [3.8, 4) is 0 Å². The first-order valence-corrected chi connectivity index (χ1v) is 10.9. The summed E-state index contributed by atoms with van der Waals surface area (Å²) in [5, 5.41) is 6.03. The fourth-order valence-electron chi connectivity index (χ4n) is 3.31. The van der Waals surface area contributed by atoms with Gasteiger partial charge in [-0.3, -0.25) is 4.79 Å². The molecule has 0 spiro atoms. The third-order valence-corrected chi connectivity index (χ3v) is 4.59. The van der Waals surface area contributed by atoms with E-state index in [1.165, 1.54) is 0 Å². The molecule has 0 aliphatic carbocycles. The molecule has 0 bridgehead atoms. The summed E-state index contributed by atoms with van der Waals surface area (Å²) in [4.78, 5) is 29.2. The highest BCUT2D eigenvalue weighted by atomic mass is 16.3. The molecular weight excluding hydrogens is 404 g/mol. The van der Waals surface area contributed by atoms with Crippen LogP contribution in [0, 0.1) is 5.41 Å². The summed E-state index contributed by atoms with van der Waals surface area (Å²) in [5.41, 5.74) is 2.16. The smallest absolute Gasteiger partial charge is 0.318 e. The van der Waals surface area contributed by atoms with Crippen molar-refractivity contribution in [3.05, 3.63) is 47.9 Å². The molecule has 32 heavy (non-hydrogen) atoms. The maximum absolute atomic E-state index is 13.1. The number of hydrogen-bond donors (Lipinski definition) is 2. The molecule has 1 heterocycles. The van der Waals surface area contributed by atoms with Crippen LogP contribution in [-0.4, -0.2) is 36.5 Å². The van der Waals surface area contributed by atoms with Crippen LogP contribution < -0.4 is 15.5 Å². The maximum atomic E-state index is 13.1. The van der Waals surface area contributed by atoms with E-state index in [4.69, 9.17) is 4.42 Å². The van der Waals surface area contributed by atoms with Gasteiger partial charge in [-0.15, -0.1) is 0 Å². The summed E-state index contributed by atoms with van der Waals surface area (Å²) in [6, 6.07) is 9.29. The summed E-state index contributed by atoms with van der Waals surface area (Å²) in [6.07, 6.45) is 2.03. The van der Waals surface area contributed by atoms with Crippen molar-refractivity contribution in [2.75, 3.05) is 24.3 Å². The summed E-state index contributed by atoms with van der Waals surface area (Å²) >= 11 is 0. The zero-order valence-electron chi connectivity index (χ0n) is 20.7. The Morgan fingerprint density at radius 1 is 1.00 bits per heavy atom. The van der Waals surface area contributed by atoms with Crippen molar-refractivity contribution < 1.29 is 14.0 Å². The normalized spacial score (nSPS) is 11.8. The predicted molar refractivity (Wildman–Crippen MR) is 130 cm³/mol. The molecule has 0 unspecified atom stereocenters. The molecule has 0 saturated heterocycles. The summed E-state index contributed by atoms with van der Waals surface area (Å²) in [7, 11) is 3.92. The fraction of sp³-hybridized carbons (Fsp3) is 0.520. The van der Waals surface area contributed by atoms with Gasteiger partial charge in [0.2, 0.25) is 5.91 Å². The number of urea groups is 1. The van der Waals surface area contributed by atoms with Gasteiger partial charge >= 0.3 is 6.03 Å². The molecule has 2 N–H and O–H groups in total. The Kier molecular flexibility index (Phi) is 7.99. The van der Waals surface area contributed by atoms with E-state index >= 15 is 0 Å². The first kappa shape index (κ1) is 25.3. The largest absolute Gasteiger partial charge is 0.467 e. The van der Waals surface area contributed by atoms with Crippen LogP contribution in [0.4, 0.5) is 16.2 Å². The van der Waals surface area contributed by atoms with E-state index in [0.29, 0.717) is 31.0 Å². The van der Waals surface area contributed by atoms with Gasteiger partial charge in [-0.2, -0.15) is 0 Å². The molecule has 2 rings (SSSR count). The number of carbonyl (C=O) groups excluding carboxylic acids is 2. The Bertz CT molecular complexity index is 906. The topological polar surface area (TPSA) is 77.8 Å². The van der Waals surface area contributed by atoms with Gasteiger partial charge in [0.05, 0.1) is 19.4 Å². The van der Waals surface area contributed by atoms with Crippen LogP contribution in [0.2, 0.25) is 0 Å². The van der Waals surface area contributed by atoms with E-state index < -0.39 is 0 Å². The van der Waals surface area contributed by atoms with Crippen LogP contribution in [0.1, 0.15) is 59.3 Å². The summed E-state index contributed by atoms with van der Waals surface area (Å²) in [6.45, 7) is 12.7. The SMILES string of the molecule is CN(C)c1ccc(NC(=O)CC(C)(C)C)cc1CN(Cc1ccco1)C(=O)NC(C)(C)C. The Morgan fingerprint density at radius 2 is 1.69 bits per heavy atom. The summed E-state index contributed by atoms with van der Waals surface area (Å²) in [5.74, 6) is 0.675. The van der Waals surface area contributed by atoms with E-state index in [-0.39, 0.29) is 22.9 Å². The van der Waals surface area contributed by atoms with Gasteiger partial charge in [0, 0.05) is 37.4 Å². The minimum absolute atomic E-state index is 0.0287. The molecule has 1 aromatic heterocycles. The number of furan rings is 1. The quantitative estimate of drug-likeness (QED) is 0.615. The van der Waals surface area contributed by atoms with Crippen LogP contribution >= 0.6 is 0 Å². The van der Waals surface area contributed by atoms with E-state index in [1.807, 2.05) is 90.9 Å². The zero-order valence-corrected chi connectivity index (χ0v) is 20.7. The molecule has 7 nitrogen and oxygen atoms in total. The van der Waals surface area contributed by atoms with Crippen LogP contribution in [0.3, 0.4) is 0 Å². The molecular formula is C25H38N4O3. The van der Waals surface area contributed by atoms with Crippen LogP contribution in [-0.2, 0) is 17.9 Å². The second kappa shape index (κ2) is 10.1. The van der Waals surface area contributed by atoms with Crippen LogP contribution in [0.5, 0.6) is 0 Å². The van der Waals surface area contributed by atoms with Gasteiger partial charge in [-0.1, -0.05) is 20.8 Å². The van der Waals surface area contributed by atoms with Gasteiger partial charge < -0.3 is 24.9 Å². The van der Waals surface area contributed by atoms with E-state index in [2.05, 4.69) is 10.6 Å². The average Bonchev–Trinajstić information content (AvgIpc) is 3.11. The molecule has 1 aromatic carbocycles. The van der Waals surface area contributed by atoms with Crippen molar-refractivity contribution in [2.24, 2.45) is 5.41 Å². The molecule has 0 radical (unpaired) electrons. The van der Waals surface area contributed by atoms with Gasteiger partial charge in [-0.25, -0.2) is 4.79 Å². The second-order valence-electron chi connectivity index (χ2n) is 10.6.